The lowest BCUT2D eigenvalue weighted by Gasteiger charge is -2.09. The van der Waals surface area contributed by atoms with Crippen molar-refractivity contribution in [3.63, 3.8) is 0 Å². The SMILES string of the molecule is Cc1cccc(-c2ccc(/C=C3/SC(=S)N(CC(=O)O)C3=O)o2)c1. The van der Waals surface area contributed by atoms with Gasteiger partial charge >= 0.3 is 5.97 Å². The third-order valence-corrected chi connectivity index (χ3v) is 4.75. The minimum absolute atomic E-state index is 0.235. The number of rotatable bonds is 4. The summed E-state index contributed by atoms with van der Waals surface area (Å²) >= 11 is 6.13. The Bertz CT molecular complexity index is 869. The van der Waals surface area contributed by atoms with E-state index in [0.717, 1.165) is 27.8 Å². The molecule has 5 nitrogen and oxygen atoms in total. The predicted molar refractivity (Wildman–Crippen MR) is 96.4 cm³/mol. The van der Waals surface area contributed by atoms with Gasteiger partial charge in [-0.1, -0.05) is 47.7 Å². The molecule has 0 unspecified atom stereocenters. The third-order valence-electron chi connectivity index (χ3n) is 3.37. The first-order valence-electron chi connectivity index (χ1n) is 7.08. The molecule has 1 aromatic carbocycles. The van der Waals surface area contributed by atoms with Crippen molar-refractivity contribution in [3.8, 4) is 11.3 Å². The summed E-state index contributed by atoms with van der Waals surface area (Å²) < 4.78 is 6.00. The molecular weight excluding hydrogens is 346 g/mol. The molecule has 3 rings (SSSR count). The second-order valence-electron chi connectivity index (χ2n) is 5.23. The number of thiocarbonyl (C=S) groups is 1. The first-order chi connectivity index (χ1) is 11.4. The number of carbonyl (C=O) groups excluding carboxylic acids is 1. The molecule has 1 amide bonds. The Labute approximate surface area is 148 Å². The number of nitrogens with zero attached hydrogens (tertiary/aromatic N) is 1. The number of thioether (sulfide) groups is 1. The quantitative estimate of drug-likeness (QED) is 0.665. The molecule has 0 aliphatic carbocycles. The average molecular weight is 359 g/mol. The van der Waals surface area contributed by atoms with Gasteiger partial charge in [-0.25, -0.2) is 0 Å². The normalized spacial score (nSPS) is 16.2. The van der Waals surface area contributed by atoms with Crippen LogP contribution in [-0.4, -0.2) is 32.7 Å². The van der Waals surface area contributed by atoms with Gasteiger partial charge in [0, 0.05) is 11.6 Å². The molecule has 1 aliphatic rings. The summed E-state index contributed by atoms with van der Waals surface area (Å²) in [6.07, 6.45) is 1.58. The number of carboxylic acids is 1. The fourth-order valence-electron chi connectivity index (χ4n) is 2.28. The lowest BCUT2D eigenvalue weighted by Crippen LogP contribution is -2.33. The van der Waals surface area contributed by atoms with Crippen LogP contribution >= 0.6 is 24.0 Å². The summed E-state index contributed by atoms with van der Waals surface area (Å²) in [6.45, 7) is 1.57. The first kappa shape index (κ1) is 16.5. The maximum absolute atomic E-state index is 12.2. The zero-order valence-electron chi connectivity index (χ0n) is 12.7. The highest BCUT2D eigenvalue weighted by molar-refractivity contribution is 8.26. The fraction of sp³-hybridized carbons (Fsp3) is 0.118. The standard InChI is InChI=1S/C17H13NO4S2/c1-10-3-2-4-11(7-10)13-6-5-12(22-13)8-14-16(21)18(9-15(19)20)17(23)24-14/h2-8H,9H2,1H3,(H,19,20)/b14-8+. The monoisotopic (exact) mass is 359 g/mol. The number of carboxylic acid groups (broad SMARTS) is 1. The number of amides is 1. The Morgan fingerprint density at radius 3 is 2.88 bits per heavy atom. The van der Waals surface area contributed by atoms with Gasteiger partial charge < -0.3 is 9.52 Å². The van der Waals surface area contributed by atoms with Gasteiger partial charge in [0.25, 0.3) is 5.91 Å². The van der Waals surface area contributed by atoms with Crippen molar-refractivity contribution < 1.29 is 19.1 Å². The highest BCUT2D eigenvalue weighted by atomic mass is 32.2. The number of aliphatic carboxylic acids is 1. The molecule has 2 aromatic rings. The largest absolute Gasteiger partial charge is 0.480 e. The van der Waals surface area contributed by atoms with Crippen molar-refractivity contribution in [1.82, 2.24) is 4.90 Å². The van der Waals surface area contributed by atoms with Crippen molar-refractivity contribution >= 4 is 46.3 Å². The van der Waals surface area contributed by atoms with Gasteiger partial charge in [0.05, 0.1) is 4.91 Å². The molecule has 1 N–H and O–H groups in total. The first-order valence-corrected chi connectivity index (χ1v) is 8.30. The summed E-state index contributed by atoms with van der Waals surface area (Å²) in [5, 5.41) is 8.84. The highest BCUT2D eigenvalue weighted by Gasteiger charge is 2.33. The minimum Gasteiger partial charge on any atom is -0.480 e. The minimum atomic E-state index is -1.10. The van der Waals surface area contributed by atoms with Gasteiger partial charge in [0.2, 0.25) is 0 Å². The Morgan fingerprint density at radius 1 is 1.38 bits per heavy atom. The van der Waals surface area contributed by atoms with Crippen molar-refractivity contribution in [1.29, 1.82) is 0 Å². The lowest BCUT2D eigenvalue weighted by atomic mass is 10.1. The van der Waals surface area contributed by atoms with Gasteiger partial charge in [-0.15, -0.1) is 0 Å². The van der Waals surface area contributed by atoms with E-state index in [1.807, 2.05) is 37.3 Å². The van der Waals surface area contributed by atoms with Crippen molar-refractivity contribution in [3.05, 3.63) is 52.6 Å². The van der Waals surface area contributed by atoms with Gasteiger partial charge in [0.15, 0.2) is 0 Å². The van der Waals surface area contributed by atoms with Crippen molar-refractivity contribution in [2.24, 2.45) is 0 Å². The summed E-state index contributed by atoms with van der Waals surface area (Å²) in [5.41, 5.74) is 2.08. The molecule has 1 aliphatic heterocycles. The fourth-order valence-corrected chi connectivity index (χ4v) is 3.52. The molecule has 0 atom stereocenters. The summed E-state index contributed by atoms with van der Waals surface area (Å²) in [4.78, 5) is 24.4. The van der Waals surface area contributed by atoms with Crippen LogP contribution < -0.4 is 0 Å². The van der Waals surface area contributed by atoms with Crippen LogP contribution in [0.5, 0.6) is 0 Å². The number of aryl methyl sites for hydroxylation is 1. The zero-order valence-corrected chi connectivity index (χ0v) is 14.3. The van der Waals surface area contributed by atoms with E-state index in [2.05, 4.69) is 0 Å². The van der Waals surface area contributed by atoms with Crippen LogP contribution in [0, 0.1) is 6.92 Å². The van der Waals surface area contributed by atoms with E-state index in [1.165, 1.54) is 0 Å². The Kier molecular flexibility index (Phi) is 4.55. The molecular formula is C17H13NO4S2. The van der Waals surface area contributed by atoms with Gasteiger partial charge in [-0.05, 0) is 25.1 Å². The van der Waals surface area contributed by atoms with Crippen LogP contribution in [0.25, 0.3) is 17.4 Å². The van der Waals surface area contributed by atoms with E-state index in [4.69, 9.17) is 21.7 Å². The molecule has 122 valence electrons. The Balaban J connectivity index is 1.84. The number of benzene rings is 1. The molecule has 0 bridgehead atoms. The van der Waals surface area contributed by atoms with Crippen molar-refractivity contribution in [2.75, 3.05) is 6.54 Å². The van der Waals surface area contributed by atoms with E-state index in [1.54, 1.807) is 12.1 Å². The van der Waals surface area contributed by atoms with E-state index in [-0.39, 0.29) is 4.32 Å². The average Bonchev–Trinajstić information content (AvgIpc) is 3.08. The smallest absolute Gasteiger partial charge is 0.323 e. The van der Waals surface area contributed by atoms with Crippen LogP contribution in [0.15, 0.2) is 45.7 Å². The maximum atomic E-state index is 12.2. The van der Waals surface area contributed by atoms with Crippen LogP contribution in [-0.2, 0) is 9.59 Å². The van der Waals surface area contributed by atoms with E-state index in [0.29, 0.717) is 16.4 Å². The second kappa shape index (κ2) is 6.62. The summed E-state index contributed by atoms with van der Waals surface area (Å²) in [6, 6.07) is 11.5. The van der Waals surface area contributed by atoms with E-state index >= 15 is 0 Å². The molecule has 0 saturated carbocycles. The Morgan fingerprint density at radius 2 is 2.17 bits per heavy atom. The predicted octanol–water partition coefficient (Wildman–Crippen LogP) is 3.54. The molecule has 0 spiro atoms. The molecule has 1 aromatic heterocycles. The number of hydrogen-bond acceptors (Lipinski definition) is 5. The van der Waals surface area contributed by atoms with Crippen LogP contribution in [0.3, 0.4) is 0 Å². The summed E-state index contributed by atoms with van der Waals surface area (Å²) in [7, 11) is 0. The lowest BCUT2D eigenvalue weighted by molar-refractivity contribution is -0.140. The molecule has 1 fully saturated rings. The van der Waals surface area contributed by atoms with Gasteiger partial charge in [0.1, 0.15) is 22.4 Å². The molecule has 0 radical (unpaired) electrons. The number of carbonyl (C=O) groups is 2. The van der Waals surface area contributed by atoms with Crippen molar-refractivity contribution in [2.45, 2.75) is 6.92 Å². The third kappa shape index (κ3) is 3.42. The van der Waals surface area contributed by atoms with E-state index in [9.17, 15) is 9.59 Å². The maximum Gasteiger partial charge on any atom is 0.323 e. The number of hydrogen-bond donors (Lipinski definition) is 1. The highest BCUT2D eigenvalue weighted by Crippen LogP contribution is 2.33. The van der Waals surface area contributed by atoms with Crippen LogP contribution in [0.4, 0.5) is 0 Å². The topological polar surface area (TPSA) is 70.8 Å². The van der Waals surface area contributed by atoms with E-state index < -0.39 is 18.4 Å². The van der Waals surface area contributed by atoms with Gasteiger partial charge in [-0.3, -0.25) is 14.5 Å². The van der Waals surface area contributed by atoms with Crippen LogP contribution in [0.2, 0.25) is 0 Å². The Hall–Kier alpha value is -2.38. The molecule has 2 heterocycles. The molecule has 1 saturated heterocycles. The molecule has 7 heteroatoms. The second-order valence-corrected chi connectivity index (χ2v) is 6.91. The molecule has 24 heavy (non-hydrogen) atoms. The van der Waals surface area contributed by atoms with Gasteiger partial charge in [-0.2, -0.15) is 0 Å². The van der Waals surface area contributed by atoms with Crippen LogP contribution in [0.1, 0.15) is 11.3 Å². The summed E-state index contributed by atoms with van der Waals surface area (Å²) in [5.74, 6) is -0.304. The zero-order chi connectivity index (χ0) is 17.3. The number of furan rings is 1.